The van der Waals surface area contributed by atoms with Gasteiger partial charge in [-0.3, -0.25) is 0 Å². The highest BCUT2D eigenvalue weighted by Gasteiger charge is 2.61. The minimum atomic E-state index is -0.440. The van der Waals surface area contributed by atoms with Gasteiger partial charge in [0.2, 0.25) is 0 Å². The van der Waals surface area contributed by atoms with E-state index in [-0.39, 0.29) is 5.41 Å². The molecule has 4 aromatic rings. The maximum Gasteiger partial charge on any atom is 0.172 e. The molecule has 2 aliphatic heterocycles. The number of benzene rings is 3. The molecule has 1 saturated heterocycles. The van der Waals surface area contributed by atoms with Crippen LogP contribution in [0.5, 0.6) is 0 Å². The van der Waals surface area contributed by atoms with Gasteiger partial charge in [0.1, 0.15) is 0 Å². The quantitative estimate of drug-likeness (QED) is 0.389. The van der Waals surface area contributed by atoms with Crippen molar-refractivity contribution < 1.29 is 4.74 Å². The van der Waals surface area contributed by atoms with Gasteiger partial charge in [-0.2, -0.15) is 0 Å². The number of hydrogen-bond donors (Lipinski definition) is 0. The summed E-state index contributed by atoms with van der Waals surface area (Å²) in [6.07, 6.45) is 2.33. The number of anilines is 1. The Labute approximate surface area is 183 Å². The van der Waals surface area contributed by atoms with E-state index < -0.39 is 5.72 Å². The van der Waals surface area contributed by atoms with E-state index in [2.05, 4.69) is 110 Å². The third kappa shape index (κ3) is 2.27. The van der Waals surface area contributed by atoms with Crippen LogP contribution in [0.25, 0.3) is 27.9 Å². The van der Waals surface area contributed by atoms with Crippen molar-refractivity contribution in [2.24, 2.45) is 7.05 Å². The molecule has 0 spiro atoms. The molecule has 156 valence electrons. The second-order valence-corrected chi connectivity index (χ2v) is 9.47. The van der Waals surface area contributed by atoms with Gasteiger partial charge in [-0.1, -0.05) is 62.4 Å². The molecule has 1 aromatic heterocycles. The van der Waals surface area contributed by atoms with Crippen LogP contribution >= 0.6 is 0 Å². The molecule has 0 N–H and O–H groups in total. The minimum absolute atomic E-state index is 0.135. The summed E-state index contributed by atoms with van der Waals surface area (Å²) in [5.41, 5.74) is 7.11. The number of para-hydroxylation sites is 2. The fraction of sp³-hybridized carbons (Fsp3) is 0.286. The van der Waals surface area contributed by atoms with Crippen molar-refractivity contribution in [2.75, 3.05) is 18.1 Å². The van der Waals surface area contributed by atoms with Crippen LogP contribution in [0.4, 0.5) is 5.69 Å². The Morgan fingerprint density at radius 2 is 1.68 bits per heavy atom. The molecule has 0 saturated carbocycles. The Bertz CT molecular complexity index is 1380. The van der Waals surface area contributed by atoms with E-state index in [9.17, 15) is 0 Å². The molecule has 1 atom stereocenters. The van der Waals surface area contributed by atoms with Crippen molar-refractivity contribution in [3.05, 3.63) is 83.4 Å². The van der Waals surface area contributed by atoms with Crippen LogP contribution in [0, 0.1) is 0 Å². The zero-order chi connectivity index (χ0) is 21.4. The Morgan fingerprint density at radius 3 is 2.55 bits per heavy atom. The largest absolute Gasteiger partial charge is 0.349 e. The molecular formula is C28H28N2O. The number of aromatic nitrogens is 1. The van der Waals surface area contributed by atoms with E-state index in [1.54, 1.807) is 0 Å². The summed E-state index contributed by atoms with van der Waals surface area (Å²) in [6, 6.07) is 24.2. The lowest BCUT2D eigenvalue weighted by molar-refractivity contribution is -0.00915. The Kier molecular flexibility index (Phi) is 3.77. The van der Waals surface area contributed by atoms with Crippen LogP contribution in [-0.4, -0.2) is 23.4 Å². The lowest BCUT2D eigenvalue weighted by atomic mass is 9.74. The van der Waals surface area contributed by atoms with E-state index in [0.717, 1.165) is 13.2 Å². The summed E-state index contributed by atoms with van der Waals surface area (Å²) in [5.74, 6) is 0. The summed E-state index contributed by atoms with van der Waals surface area (Å²) < 4.78 is 8.89. The first kappa shape index (κ1) is 18.7. The van der Waals surface area contributed by atoms with Gasteiger partial charge in [-0.15, -0.1) is 0 Å². The molecule has 3 heteroatoms. The summed E-state index contributed by atoms with van der Waals surface area (Å²) in [6.45, 7) is 8.56. The second kappa shape index (κ2) is 6.24. The molecule has 6 rings (SSSR count). The lowest BCUT2D eigenvalue weighted by Gasteiger charge is -2.43. The molecule has 0 bridgehead atoms. The zero-order valence-corrected chi connectivity index (χ0v) is 18.6. The maximum absolute atomic E-state index is 6.61. The number of rotatable bonds is 2. The van der Waals surface area contributed by atoms with Crippen LogP contribution in [0.15, 0.2) is 72.3 Å². The molecule has 3 nitrogen and oxygen atoms in total. The summed E-state index contributed by atoms with van der Waals surface area (Å²) in [5, 5.41) is 2.61. The van der Waals surface area contributed by atoms with Crippen LogP contribution in [0.2, 0.25) is 0 Å². The highest BCUT2D eigenvalue weighted by molar-refractivity contribution is 6.08. The predicted octanol–water partition coefficient (Wildman–Crippen LogP) is 6.26. The average molecular weight is 409 g/mol. The highest BCUT2D eigenvalue weighted by Crippen LogP contribution is 2.57. The van der Waals surface area contributed by atoms with Crippen molar-refractivity contribution in [3.8, 4) is 0 Å². The first-order valence-corrected chi connectivity index (χ1v) is 11.1. The van der Waals surface area contributed by atoms with E-state index >= 15 is 0 Å². The van der Waals surface area contributed by atoms with Gasteiger partial charge in [0.25, 0.3) is 0 Å². The predicted molar refractivity (Wildman–Crippen MR) is 130 cm³/mol. The number of ether oxygens (including phenoxy) is 1. The summed E-state index contributed by atoms with van der Waals surface area (Å²) >= 11 is 0. The van der Waals surface area contributed by atoms with Gasteiger partial charge in [0.15, 0.2) is 5.72 Å². The van der Waals surface area contributed by atoms with Gasteiger partial charge in [-0.25, -0.2) is 0 Å². The van der Waals surface area contributed by atoms with Crippen molar-refractivity contribution in [3.63, 3.8) is 0 Å². The summed E-state index contributed by atoms with van der Waals surface area (Å²) in [7, 11) is 2.15. The SMILES string of the molecule is C/C(=C\c1ccc2c(c1)c1ccccc1n2C)C12OCCN1c1ccccc1C2(C)C. The molecule has 31 heavy (non-hydrogen) atoms. The molecule has 3 heterocycles. The molecule has 1 unspecified atom stereocenters. The molecule has 1 fully saturated rings. The van der Waals surface area contributed by atoms with Gasteiger partial charge >= 0.3 is 0 Å². The third-order valence-corrected chi connectivity index (χ3v) is 7.58. The van der Waals surface area contributed by atoms with E-state index in [4.69, 9.17) is 4.74 Å². The van der Waals surface area contributed by atoms with Crippen LogP contribution < -0.4 is 4.90 Å². The van der Waals surface area contributed by atoms with Crippen molar-refractivity contribution in [1.29, 1.82) is 0 Å². The standard InChI is InChI=1S/C28H28N2O/c1-19(28-27(2,3)23-10-6-8-12-26(23)30(28)15-16-31-28)17-20-13-14-25-22(18-20)21-9-5-7-11-24(21)29(25)4/h5-14,17-18H,15-16H2,1-4H3/b19-17+. The number of nitrogens with zero attached hydrogens (tertiary/aromatic N) is 2. The Hall–Kier alpha value is -3.04. The minimum Gasteiger partial charge on any atom is -0.349 e. The Balaban J connectivity index is 1.51. The first-order valence-electron chi connectivity index (χ1n) is 11.1. The van der Waals surface area contributed by atoms with Crippen LogP contribution in [0.3, 0.4) is 0 Å². The number of hydrogen-bond acceptors (Lipinski definition) is 2. The van der Waals surface area contributed by atoms with E-state index in [0.29, 0.717) is 0 Å². The lowest BCUT2D eigenvalue weighted by Crippen LogP contribution is -2.54. The van der Waals surface area contributed by atoms with Crippen molar-refractivity contribution in [1.82, 2.24) is 4.57 Å². The van der Waals surface area contributed by atoms with Gasteiger partial charge in [-0.05, 0) is 47.9 Å². The smallest absolute Gasteiger partial charge is 0.172 e. The molecular weight excluding hydrogens is 380 g/mol. The highest BCUT2D eigenvalue weighted by atomic mass is 16.5. The third-order valence-electron chi connectivity index (χ3n) is 7.58. The molecule has 3 aromatic carbocycles. The van der Waals surface area contributed by atoms with Crippen molar-refractivity contribution >= 4 is 33.6 Å². The number of aryl methyl sites for hydroxylation is 1. The van der Waals surface area contributed by atoms with Gasteiger partial charge in [0.05, 0.1) is 6.61 Å². The fourth-order valence-electron chi connectivity index (χ4n) is 6.19. The average Bonchev–Trinajstić information content (AvgIpc) is 3.40. The monoisotopic (exact) mass is 408 g/mol. The molecule has 0 amide bonds. The normalized spacial score (nSPS) is 22.3. The topological polar surface area (TPSA) is 17.4 Å². The zero-order valence-electron chi connectivity index (χ0n) is 18.6. The molecule has 2 aliphatic rings. The second-order valence-electron chi connectivity index (χ2n) is 9.47. The molecule has 0 radical (unpaired) electrons. The van der Waals surface area contributed by atoms with Gasteiger partial charge in [0, 0.05) is 46.5 Å². The molecule has 0 aliphatic carbocycles. The summed E-state index contributed by atoms with van der Waals surface area (Å²) in [4.78, 5) is 2.48. The van der Waals surface area contributed by atoms with Crippen LogP contribution in [-0.2, 0) is 17.2 Å². The Morgan fingerprint density at radius 1 is 0.935 bits per heavy atom. The maximum atomic E-state index is 6.61. The fourth-order valence-corrected chi connectivity index (χ4v) is 6.19. The van der Waals surface area contributed by atoms with E-state index in [1.807, 2.05) is 0 Å². The van der Waals surface area contributed by atoms with Crippen LogP contribution in [0.1, 0.15) is 31.9 Å². The van der Waals surface area contributed by atoms with E-state index in [1.165, 1.54) is 44.2 Å². The first-order chi connectivity index (χ1) is 14.9. The number of fused-ring (bicyclic) bond motifs is 6. The van der Waals surface area contributed by atoms with Gasteiger partial charge < -0.3 is 14.2 Å². The van der Waals surface area contributed by atoms with Crippen molar-refractivity contribution in [2.45, 2.75) is 31.9 Å².